The number of hydrazone groups is 1. The largest absolute Gasteiger partial charge is 0.345 e. The minimum atomic E-state index is -3.35. The second-order valence-electron chi connectivity index (χ2n) is 10.3. The molecule has 0 saturated heterocycles. The first-order valence-electron chi connectivity index (χ1n) is 14.5. The zero-order valence-corrected chi connectivity index (χ0v) is 29.2. The number of aromatic amines is 1. The molecule has 8 aromatic heterocycles. The molecule has 8 aromatic rings. The summed E-state index contributed by atoms with van der Waals surface area (Å²) in [6, 6.07) is 5.24. The monoisotopic (exact) mass is 721 g/mol. The summed E-state index contributed by atoms with van der Waals surface area (Å²) < 4.78 is 51.9. The lowest BCUT2D eigenvalue weighted by Crippen LogP contribution is -2.09. The van der Waals surface area contributed by atoms with E-state index in [1.807, 2.05) is 23.6 Å². The molecule has 22 heteroatoms. The van der Waals surface area contributed by atoms with Crippen LogP contribution in [0, 0.1) is 13.8 Å². The smallest absolute Gasteiger partial charge is 0.237 e. The average molecular weight is 722 g/mol. The average Bonchev–Trinajstić information content (AvgIpc) is 3.90. The quantitative estimate of drug-likeness (QED) is 0.150. The van der Waals surface area contributed by atoms with Crippen LogP contribution in [0.15, 0.2) is 60.5 Å². The molecule has 0 aliphatic carbocycles. The number of hydrogen-bond donors (Lipinski definition) is 2. The molecule has 0 aliphatic rings. The third kappa shape index (κ3) is 7.14. The van der Waals surface area contributed by atoms with E-state index in [1.54, 1.807) is 42.8 Å². The minimum absolute atomic E-state index is 0.304. The molecule has 0 radical (unpaired) electrons. The van der Waals surface area contributed by atoms with E-state index in [9.17, 15) is 16.8 Å². The van der Waals surface area contributed by atoms with Crippen LogP contribution in [0.1, 0.15) is 25.5 Å². The lowest BCUT2D eigenvalue weighted by molar-refractivity contribution is -0.106. The molecule has 0 aliphatic heterocycles. The van der Waals surface area contributed by atoms with Crippen molar-refractivity contribution in [2.45, 2.75) is 27.7 Å². The van der Waals surface area contributed by atoms with Crippen molar-refractivity contribution in [1.29, 1.82) is 0 Å². The van der Waals surface area contributed by atoms with Gasteiger partial charge in [0.25, 0.3) is 0 Å². The van der Waals surface area contributed by atoms with Gasteiger partial charge >= 0.3 is 0 Å². The van der Waals surface area contributed by atoms with Crippen LogP contribution in [-0.2, 0) is 24.8 Å². The van der Waals surface area contributed by atoms with E-state index in [-0.39, 0.29) is 0 Å². The van der Waals surface area contributed by atoms with Crippen LogP contribution < -0.4 is 5.43 Å². The van der Waals surface area contributed by atoms with E-state index in [0.29, 0.717) is 39.6 Å². The van der Waals surface area contributed by atoms with Crippen LogP contribution in [0.5, 0.6) is 0 Å². The van der Waals surface area contributed by atoms with Gasteiger partial charge in [0, 0.05) is 24.8 Å². The van der Waals surface area contributed by atoms with Gasteiger partial charge < -0.3 is 9.78 Å². The Bertz CT molecular complexity index is 2720. The second kappa shape index (κ2) is 14.1. The molecule has 0 spiro atoms. The van der Waals surface area contributed by atoms with Gasteiger partial charge in [-0.1, -0.05) is 0 Å². The zero-order valence-electron chi connectivity index (χ0n) is 27.5. The predicted octanol–water partition coefficient (Wildman–Crippen LogP) is 1.97. The highest BCUT2D eigenvalue weighted by Gasteiger charge is 2.15. The SMILES string of the molecule is C/C=N\Nc1cnc2c(ccn2S(C)(=O)=O)n1.CC=O.Cc1nnc2cnc3[nH]ccc3n12.Cc1nnc2cnc3c(ccn3S(C)(=O)=O)n12. The fourth-order valence-corrected chi connectivity index (χ4v) is 6.17. The Morgan fingerprint density at radius 3 is 1.94 bits per heavy atom. The van der Waals surface area contributed by atoms with Gasteiger partial charge in [0.15, 0.2) is 34.1 Å². The lowest BCUT2D eigenvalue weighted by atomic mass is 10.5. The number of aldehydes is 1. The number of H-pyrrole nitrogens is 1. The van der Waals surface area contributed by atoms with Crippen molar-refractivity contribution in [3.8, 4) is 0 Å². The molecule has 8 heterocycles. The first-order valence-corrected chi connectivity index (χ1v) is 18.2. The van der Waals surface area contributed by atoms with E-state index in [1.165, 1.54) is 31.7 Å². The number of nitrogens with one attached hydrogen (secondary N) is 2. The van der Waals surface area contributed by atoms with Crippen molar-refractivity contribution in [1.82, 2.24) is 62.1 Å². The Morgan fingerprint density at radius 2 is 1.32 bits per heavy atom. The maximum Gasteiger partial charge on any atom is 0.237 e. The molecule has 8 rings (SSSR count). The van der Waals surface area contributed by atoms with Crippen molar-refractivity contribution in [2.24, 2.45) is 5.10 Å². The highest BCUT2D eigenvalue weighted by Crippen LogP contribution is 2.18. The van der Waals surface area contributed by atoms with E-state index in [0.717, 1.165) is 49.4 Å². The predicted molar refractivity (Wildman–Crippen MR) is 186 cm³/mol. The Morgan fingerprint density at radius 1 is 0.760 bits per heavy atom. The molecule has 0 bridgehead atoms. The molecule has 20 nitrogen and oxygen atoms in total. The molecular weight excluding hydrogens is 691 g/mol. The summed E-state index contributed by atoms with van der Waals surface area (Å²) in [6.07, 6.45) is 14.0. The van der Waals surface area contributed by atoms with Crippen LogP contribution in [0.25, 0.3) is 44.8 Å². The molecule has 0 atom stereocenters. The molecule has 2 N–H and O–H groups in total. The van der Waals surface area contributed by atoms with Gasteiger partial charge in [0.2, 0.25) is 20.0 Å². The summed E-state index contributed by atoms with van der Waals surface area (Å²) in [5, 5.41) is 19.6. The van der Waals surface area contributed by atoms with Crippen LogP contribution in [0.3, 0.4) is 0 Å². The van der Waals surface area contributed by atoms with Crippen molar-refractivity contribution in [3.05, 3.63) is 67.0 Å². The van der Waals surface area contributed by atoms with Crippen molar-refractivity contribution in [3.63, 3.8) is 0 Å². The fourth-order valence-electron chi connectivity index (χ4n) is 4.70. The second-order valence-corrected chi connectivity index (χ2v) is 14.0. The summed E-state index contributed by atoms with van der Waals surface area (Å²) in [7, 11) is -6.70. The topological polar surface area (TPSA) is 247 Å². The number of nitrogens with zero attached hydrogens (tertiary/aromatic N) is 13. The molecule has 0 unspecified atom stereocenters. The van der Waals surface area contributed by atoms with Gasteiger partial charge in [-0.15, -0.1) is 20.4 Å². The number of aryl methyl sites for hydroxylation is 2. The number of hydrogen-bond acceptors (Lipinski definition) is 15. The third-order valence-corrected chi connectivity index (χ3v) is 8.70. The summed E-state index contributed by atoms with van der Waals surface area (Å²) in [5.41, 5.74) is 7.77. The van der Waals surface area contributed by atoms with Gasteiger partial charge in [0.1, 0.15) is 23.5 Å². The number of anilines is 1. The fraction of sp³-hybridized carbons (Fsp3) is 0.214. The molecule has 0 aromatic carbocycles. The van der Waals surface area contributed by atoms with E-state index >= 15 is 0 Å². The number of carbonyl (C=O) groups excluding carboxylic acids is 1. The van der Waals surface area contributed by atoms with Crippen molar-refractivity contribution < 1.29 is 21.6 Å². The van der Waals surface area contributed by atoms with Gasteiger partial charge in [-0.2, -0.15) is 5.10 Å². The maximum atomic E-state index is 11.5. The van der Waals surface area contributed by atoms with Gasteiger partial charge in [0.05, 0.1) is 42.1 Å². The Kier molecular flexibility index (Phi) is 9.94. The van der Waals surface area contributed by atoms with E-state index in [4.69, 9.17) is 4.79 Å². The summed E-state index contributed by atoms with van der Waals surface area (Å²) in [5.74, 6) is 2.03. The van der Waals surface area contributed by atoms with Crippen LogP contribution in [-0.4, -0.2) is 104 Å². The first kappa shape index (κ1) is 35.2. The number of rotatable bonds is 4. The maximum absolute atomic E-state index is 11.5. The summed E-state index contributed by atoms with van der Waals surface area (Å²) >= 11 is 0. The molecule has 260 valence electrons. The van der Waals surface area contributed by atoms with Crippen molar-refractivity contribution in [2.75, 3.05) is 17.9 Å². The Labute approximate surface area is 284 Å². The molecule has 0 saturated carbocycles. The van der Waals surface area contributed by atoms with Crippen molar-refractivity contribution >= 4 is 83.2 Å². The lowest BCUT2D eigenvalue weighted by Gasteiger charge is -2.01. The standard InChI is InChI=1S/C9H9N5O2S.C9H11N5O2S.C8H7N5.C2H4O/c1-6-11-12-8-5-10-9-7(14(6)8)3-4-13(9)17(2,15)16;1-3-11-13-8-6-10-9-7(12-8)4-5-14(9)17(2,15)16;1-5-11-12-7-4-10-8-6(13(5)7)2-3-9-8;1-2-3/h3-5H,1-2H3;3-6H,1-2H3,(H,12,13);2-4,9H,1H3;2H,1H3/b;11-3-;;. The third-order valence-electron chi connectivity index (χ3n) is 6.68. The van der Waals surface area contributed by atoms with Gasteiger partial charge in [-0.3, -0.25) is 14.2 Å². The molecule has 0 amide bonds. The number of fused-ring (bicyclic) bond motifs is 7. The Balaban J connectivity index is 0.000000141. The van der Waals surface area contributed by atoms with Crippen LogP contribution in [0.2, 0.25) is 0 Å². The van der Waals surface area contributed by atoms with Gasteiger partial charge in [-0.05, 0) is 45.9 Å². The van der Waals surface area contributed by atoms with E-state index in [2.05, 4.69) is 55.8 Å². The molecule has 50 heavy (non-hydrogen) atoms. The highest BCUT2D eigenvalue weighted by atomic mass is 32.2. The van der Waals surface area contributed by atoms with Crippen LogP contribution >= 0.6 is 0 Å². The minimum Gasteiger partial charge on any atom is -0.345 e. The normalized spacial score (nSPS) is 11.7. The van der Waals surface area contributed by atoms with E-state index < -0.39 is 20.0 Å². The Hall–Kier alpha value is -6.16. The summed E-state index contributed by atoms with van der Waals surface area (Å²) in [4.78, 5) is 28.4. The number of carbonyl (C=O) groups is 1. The molecular formula is C28H31N15O5S2. The first-order chi connectivity index (χ1) is 23.8. The highest BCUT2D eigenvalue weighted by molar-refractivity contribution is 7.89. The van der Waals surface area contributed by atoms with Gasteiger partial charge in [-0.25, -0.2) is 44.7 Å². The molecule has 0 fully saturated rings. The van der Waals surface area contributed by atoms with Crippen LogP contribution in [0.4, 0.5) is 5.82 Å². The number of aromatic nitrogens is 13. The zero-order chi connectivity index (χ0) is 36.2. The summed E-state index contributed by atoms with van der Waals surface area (Å²) in [6.45, 7) is 6.93.